The second kappa shape index (κ2) is 8.61. The summed E-state index contributed by atoms with van der Waals surface area (Å²) in [5.41, 5.74) is -0.677. The molecule has 1 atom stereocenters. The Balaban J connectivity index is 2.60. The number of rotatable bonds is 8. The van der Waals surface area contributed by atoms with Gasteiger partial charge in [-0.15, -0.1) is 11.8 Å². The fourth-order valence-corrected chi connectivity index (χ4v) is 3.09. The van der Waals surface area contributed by atoms with Crippen molar-refractivity contribution in [3.63, 3.8) is 0 Å². The number of hydrogen-bond acceptors (Lipinski definition) is 5. The van der Waals surface area contributed by atoms with E-state index < -0.39 is 5.54 Å². The van der Waals surface area contributed by atoms with Gasteiger partial charge in [0.1, 0.15) is 5.54 Å². The van der Waals surface area contributed by atoms with E-state index in [9.17, 15) is 4.79 Å². The first-order valence-electron chi connectivity index (χ1n) is 7.06. The van der Waals surface area contributed by atoms with Crippen LogP contribution in [0.4, 0.5) is 0 Å². The lowest BCUT2D eigenvalue weighted by molar-refractivity contribution is -0.150. The molecule has 1 aromatic rings. The van der Waals surface area contributed by atoms with Gasteiger partial charge in [0.05, 0.1) is 16.7 Å². The molecule has 0 aliphatic carbocycles. The van der Waals surface area contributed by atoms with Crippen molar-refractivity contribution in [3.8, 4) is 0 Å². The molecule has 1 rings (SSSR count). The van der Waals surface area contributed by atoms with E-state index >= 15 is 0 Å². The summed E-state index contributed by atoms with van der Waals surface area (Å²) >= 11 is 7.41. The average molecular weight is 331 g/mol. The number of thioether (sulfide) groups is 1. The third-order valence-electron chi connectivity index (χ3n) is 2.89. The fraction of sp³-hybridized carbons (Fsp3) is 0.600. The molecule has 0 aliphatic rings. The zero-order valence-electron chi connectivity index (χ0n) is 13.0. The summed E-state index contributed by atoms with van der Waals surface area (Å²) in [5, 5.41) is 4.83. The number of aromatic nitrogens is 1. The second-order valence-corrected chi connectivity index (χ2v) is 6.82. The molecule has 118 valence electrons. The minimum absolute atomic E-state index is 0.205. The predicted molar refractivity (Wildman–Crippen MR) is 87.9 cm³/mol. The Morgan fingerprint density at radius 1 is 1.52 bits per heavy atom. The van der Waals surface area contributed by atoms with Crippen molar-refractivity contribution in [3.05, 3.63) is 23.4 Å². The molecular formula is C15H23ClN2O2S. The SMILES string of the molecule is CCOC(=O)C(C)(CCSc1ccc(Cl)cn1)NC(C)C. The molecule has 0 saturated carbocycles. The smallest absolute Gasteiger partial charge is 0.326 e. The summed E-state index contributed by atoms with van der Waals surface area (Å²) in [6, 6.07) is 3.90. The first kappa shape index (κ1) is 18.3. The molecular weight excluding hydrogens is 308 g/mol. The number of halogens is 1. The Morgan fingerprint density at radius 3 is 2.76 bits per heavy atom. The van der Waals surface area contributed by atoms with E-state index in [1.807, 2.05) is 39.8 Å². The number of nitrogens with one attached hydrogen (secondary N) is 1. The van der Waals surface area contributed by atoms with Crippen molar-refractivity contribution in [2.24, 2.45) is 0 Å². The van der Waals surface area contributed by atoms with Gasteiger partial charge in [0.25, 0.3) is 0 Å². The minimum Gasteiger partial charge on any atom is -0.465 e. The molecule has 0 aromatic carbocycles. The Labute approximate surface area is 136 Å². The van der Waals surface area contributed by atoms with E-state index in [-0.39, 0.29) is 12.0 Å². The van der Waals surface area contributed by atoms with Gasteiger partial charge >= 0.3 is 5.97 Å². The van der Waals surface area contributed by atoms with Crippen molar-refractivity contribution in [2.45, 2.75) is 50.7 Å². The monoisotopic (exact) mass is 330 g/mol. The third kappa shape index (κ3) is 6.24. The summed E-state index contributed by atoms with van der Waals surface area (Å²) in [6.07, 6.45) is 2.29. The topological polar surface area (TPSA) is 51.2 Å². The molecule has 1 aromatic heterocycles. The molecule has 0 spiro atoms. The van der Waals surface area contributed by atoms with Gasteiger partial charge in [-0.1, -0.05) is 11.6 Å². The maximum Gasteiger partial charge on any atom is 0.326 e. The summed E-state index contributed by atoms with van der Waals surface area (Å²) in [6.45, 7) is 8.14. The van der Waals surface area contributed by atoms with Crippen LogP contribution < -0.4 is 5.32 Å². The zero-order chi connectivity index (χ0) is 15.9. The molecule has 0 radical (unpaired) electrons. The van der Waals surface area contributed by atoms with Crippen molar-refractivity contribution >= 4 is 29.3 Å². The first-order chi connectivity index (χ1) is 9.87. The highest BCUT2D eigenvalue weighted by atomic mass is 35.5. The highest BCUT2D eigenvalue weighted by Gasteiger charge is 2.34. The van der Waals surface area contributed by atoms with Crippen LogP contribution in [0, 0.1) is 0 Å². The number of nitrogens with zero attached hydrogens (tertiary/aromatic N) is 1. The quantitative estimate of drug-likeness (QED) is 0.583. The number of ether oxygens (including phenoxy) is 1. The minimum atomic E-state index is -0.677. The highest BCUT2D eigenvalue weighted by molar-refractivity contribution is 7.99. The van der Waals surface area contributed by atoms with Gasteiger partial charge < -0.3 is 4.74 Å². The van der Waals surface area contributed by atoms with Gasteiger partial charge in [-0.2, -0.15) is 0 Å². The molecule has 21 heavy (non-hydrogen) atoms. The van der Waals surface area contributed by atoms with Crippen LogP contribution in [0.25, 0.3) is 0 Å². The van der Waals surface area contributed by atoms with Crippen LogP contribution in [0.5, 0.6) is 0 Å². The van der Waals surface area contributed by atoms with Crippen LogP contribution in [-0.2, 0) is 9.53 Å². The Bertz CT molecular complexity index is 453. The molecule has 6 heteroatoms. The molecule has 0 aliphatic heterocycles. The third-order valence-corrected chi connectivity index (χ3v) is 4.05. The Hall–Kier alpha value is -0.780. The average Bonchev–Trinajstić information content (AvgIpc) is 2.40. The molecule has 0 fully saturated rings. The van der Waals surface area contributed by atoms with Gasteiger partial charge in [0.15, 0.2) is 0 Å². The van der Waals surface area contributed by atoms with E-state index in [0.717, 1.165) is 10.8 Å². The molecule has 0 bridgehead atoms. The van der Waals surface area contributed by atoms with Crippen LogP contribution >= 0.6 is 23.4 Å². The van der Waals surface area contributed by atoms with E-state index in [4.69, 9.17) is 16.3 Å². The van der Waals surface area contributed by atoms with Crippen LogP contribution in [0.1, 0.15) is 34.1 Å². The van der Waals surface area contributed by atoms with Crippen molar-refractivity contribution in [1.29, 1.82) is 0 Å². The van der Waals surface area contributed by atoms with Gasteiger partial charge in [-0.25, -0.2) is 4.98 Å². The lowest BCUT2D eigenvalue weighted by Gasteiger charge is -2.30. The number of pyridine rings is 1. The standard InChI is InChI=1S/C15H23ClN2O2S/c1-5-20-14(19)15(4,18-11(2)3)8-9-21-13-7-6-12(16)10-17-13/h6-7,10-11,18H,5,8-9H2,1-4H3. The zero-order valence-corrected chi connectivity index (χ0v) is 14.6. The van der Waals surface area contributed by atoms with E-state index in [1.54, 1.807) is 18.0 Å². The second-order valence-electron chi connectivity index (χ2n) is 5.26. The Morgan fingerprint density at radius 2 is 2.24 bits per heavy atom. The van der Waals surface area contributed by atoms with Crippen LogP contribution in [-0.4, -0.2) is 34.9 Å². The van der Waals surface area contributed by atoms with Gasteiger partial charge in [-0.05, 0) is 46.2 Å². The van der Waals surface area contributed by atoms with Crippen LogP contribution in [0.2, 0.25) is 5.02 Å². The summed E-state index contributed by atoms with van der Waals surface area (Å²) in [5.74, 6) is 0.562. The highest BCUT2D eigenvalue weighted by Crippen LogP contribution is 2.22. The fourth-order valence-electron chi connectivity index (χ4n) is 1.97. The maximum absolute atomic E-state index is 12.2. The van der Waals surface area contributed by atoms with Crippen LogP contribution in [0.3, 0.4) is 0 Å². The number of hydrogen-bond donors (Lipinski definition) is 1. The summed E-state index contributed by atoms with van der Waals surface area (Å²) in [4.78, 5) is 16.4. The lowest BCUT2D eigenvalue weighted by Crippen LogP contribution is -2.53. The Kier molecular flexibility index (Phi) is 7.49. The van der Waals surface area contributed by atoms with Crippen molar-refractivity contribution < 1.29 is 9.53 Å². The largest absolute Gasteiger partial charge is 0.465 e. The molecule has 0 saturated heterocycles. The number of esters is 1. The van der Waals surface area contributed by atoms with Crippen molar-refractivity contribution in [2.75, 3.05) is 12.4 Å². The van der Waals surface area contributed by atoms with E-state index in [2.05, 4.69) is 10.3 Å². The summed E-state index contributed by atoms with van der Waals surface area (Å²) < 4.78 is 5.18. The molecule has 0 amide bonds. The molecule has 4 nitrogen and oxygen atoms in total. The van der Waals surface area contributed by atoms with Gasteiger partial charge in [-0.3, -0.25) is 10.1 Å². The summed E-state index contributed by atoms with van der Waals surface area (Å²) in [7, 11) is 0. The normalized spacial score (nSPS) is 14.0. The molecule has 1 unspecified atom stereocenters. The van der Waals surface area contributed by atoms with E-state index in [0.29, 0.717) is 18.1 Å². The van der Waals surface area contributed by atoms with Gasteiger partial charge in [0.2, 0.25) is 0 Å². The maximum atomic E-state index is 12.2. The predicted octanol–water partition coefficient (Wildman–Crippen LogP) is 3.54. The van der Waals surface area contributed by atoms with E-state index in [1.165, 1.54) is 0 Å². The lowest BCUT2D eigenvalue weighted by atomic mass is 9.98. The first-order valence-corrected chi connectivity index (χ1v) is 8.43. The van der Waals surface area contributed by atoms with Gasteiger partial charge in [0, 0.05) is 18.0 Å². The van der Waals surface area contributed by atoms with Crippen LogP contribution in [0.15, 0.2) is 23.4 Å². The molecule has 1 N–H and O–H groups in total. The van der Waals surface area contributed by atoms with Crippen molar-refractivity contribution in [1.82, 2.24) is 10.3 Å². The number of carbonyl (C=O) groups is 1. The molecule has 1 heterocycles. The number of carbonyl (C=O) groups excluding carboxylic acids is 1.